The first-order chi connectivity index (χ1) is 12.9. The first kappa shape index (κ1) is 18.6. The van der Waals surface area contributed by atoms with E-state index in [1.54, 1.807) is 12.1 Å². The summed E-state index contributed by atoms with van der Waals surface area (Å²) in [4.78, 5) is 24.2. The van der Waals surface area contributed by atoms with Crippen LogP contribution in [0.4, 0.5) is 0 Å². The Kier molecular flexibility index (Phi) is 4.94. The van der Waals surface area contributed by atoms with E-state index in [0.29, 0.717) is 29.5 Å². The van der Waals surface area contributed by atoms with Crippen LogP contribution < -0.4 is 20.2 Å². The predicted molar refractivity (Wildman–Crippen MR) is 99.5 cm³/mol. The molecule has 0 heterocycles. The van der Waals surface area contributed by atoms with Crippen LogP contribution in [0, 0.1) is 0 Å². The van der Waals surface area contributed by atoms with Crippen molar-refractivity contribution in [3.05, 3.63) is 45.6 Å². The van der Waals surface area contributed by atoms with Crippen molar-refractivity contribution in [3.63, 3.8) is 0 Å². The smallest absolute Gasteiger partial charge is 0.220 e. The van der Waals surface area contributed by atoms with E-state index < -0.39 is 6.04 Å². The third-order valence-corrected chi connectivity index (χ3v) is 4.71. The van der Waals surface area contributed by atoms with Gasteiger partial charge in [0.25, 0.3) is 0 Å². The van der Waals surface area contributed by atoms with Crippen LogP contribution in [0.5, 0.6) is 23.0 Å². The Hall–Kier alpha value is -3.22. The van der Waals surface area contributed by atoms with Crippen LogP contribution >= 0.6 is 0 Å². The fourth-order valence-corrected chi connectivity index (χ4v) is 3.54. The number of rotatable bonds is 3. The number of aryl methyl sites for hydroxylation is 1. The molecule has 0 fully saturated rings. The number of aromatic hydroxyl groups is 2. The van der Waals surface area contributed by atoms with Crippen LogP contribution in [0.15, 0.2) is 29.1 Å². The van der Waals surface area contributed by atoms with Crippen molar-refractivity contribution in [2.75, 3.05) is 14.2 Å². The number of phenols is 2. The van der Waals surface area contributed by atoms with Crippen LogP contribution in [0.3, 0.4) is 0 Å². The van der Waals surface area contributed by atoms with Gasteiger partial charge in [-0.1, -0.05) is 6.07 Å². The molecular formula is C20H21NO6. The number of amides is 1. The number of ether oxygens (including phenoxy) is 2. The molecule has 0 saturated carbocycles. The van der Waals surface area contributed by atoms with Crippen LogP contribution in [0.2, 0.25) is 0 Å². The Balaban J connectivity index is 2.40. The van der Waals surface area contributed by atoms with Gasteiger partial charge in [-0.15, -0.1) is 0 Å². The van der Waals surface area contributed by atoms with E-state index in [4.69, 9.17) is 9.47 Å². The highest BCUT2D eigenvalue weighted by Gasteiger charge is 2.28. The van der Waals surface area contributed by atoms with E-state index in [-0.39, 0.29) is 34.3 Å². The lowest BCUT2D eigenvalue weighted by molar-refractivity contribution is -0.119. The lowest BCUT2D eigenvalue weighted by Gasteiger charge is -2.18. The van der Waals surface area contributed by atoms with Crippen LogP contribution in [0.25, 0.3) is 11.1 Å². The zero-order valence-corrected chi connectivity index (χ0v) is 15.3. The molecule has 7 nitrogen and oxygen atoms in total. The van der Waals surface area contributed by atoms with Crippen LogP contribution in [-0.4, -0.2) is 30.3 Å². The summed E-state index contributed by atoms with van der Waals surface area (Å²) in [6, 6.07) is 5.75. The number of methoxy groups -OCH3 is 2. The topological polar surface area (TPSA) is 105 Å². The summed E-state index contributed by atoms with van der Waals surface area (Å²) in [5.74, 6) is -0.602. The number of hydrogen-bond acceptors (Lipinski definition) is 6. The number of nitrogens with one attached hydrogen (secondary N) is 1. The summed E-state index contributed by atoms with van der Waals surface area (Å²) in [7, 11) is 2.80. The quantitative estimate of drug-likeness (QED) is 0.715. The fraction of sp³-hybridized carbons (Fsp3) is 0.300. The van der Waals surface area contributed by atoms with Crippen molar-refractivity contribution in [2.24, 2.45) is 0 Å². The molecular weight excluding hydrogens is 350 g/mol. The zero-order chi connectivity index (χ0) is 19.7. The van der Waals surface area contributed by atoms with E-state index in [1.807, 2.05) is 0 Å². The molecule has 0 bridgehead atoms. The molecule has 0 unspecified atom stereocenters. The minimum absolute atomic E-state index is 0.118. The van der Waals surface area contributed by atoms with Crippen LogP contribution in [0.1, 0.15) is 30.5 Å². The highest BCUT2D eigenvalue weighted by atomic mass is 16.5. The molecule has 0 radical (unpaired) electrons. The monoisotopic (exact) mass is 371 g/mol. The number of carbonyl (C=O) groups is 1. The van der Waals surface area contributed by atoms with Crippen molar-refractivity contribution >= 4 is 5.91 Å². The summed E-state index contributed by atoms with van der Waals surface area (Å²) in [5, 5.41) is 23.2. The number of carbonyl (C=O) groups excluding carboxylic acids is 1. The van der Waals surface area contributed by atoms with Crippen LogP contribution in [-0.2, 0) is 11.2 Å². The van der Waals surface area contributed by atoms with E-state index in [1.165, 1.54) is 33.3 Å². The van der Waals surface area contributed by atoms with Crippen molar-refractivity contribution in [2.45, 2.75) is 25.8 Å². The first-order valence-electron chi connectivity index (χ1n) is 8.48. The molecule has 0 aliphatic heterocycles. The molecule has 0 saturated heterocycles. The molecule has 3 rings (SSSR count). The van der Waals surface area contributed by atoms with Gasteiger partial charge in [0.15, 0.2) is 17.2 Å². The summed E-state index contributed by atoms with van der Waals surface area (Å²) in [6.45, 7) is 1.41. The number of fused-ring (bicyclic) bond motifs is 3. The number of phenolic OH excluding ortho intramolecular Hbond substituents is 2. The third kappa shape index (κ3) is 3.28. The highest BCUT2D eigenvalue weighted by molar-refractivity contribution is 5.83. The summed E-state index contributed by atoms with van der Waals surface area (Å²) in [6.07, 6.45) is 1.02. The molecule has 1 atom stereocenters. The largest absolute Gasteiger partial charge is 0.504 e. The zero-order valence-electron chi connectivity index (χ0n) is 15.3. The van der Waals surface area contributed by atoms with E-state index >= 15 is 0 Å². The molecule has 0 aromatic heterocycles. The Morgan fingerprint density at radius 3 is 2.56 bits per heavy atom. The minimum atomic E-state index is -0.413. The van der Waals surface area contributed by atoms with Gasteiger partial charge in [-0.25, -0.2) is 0 Å². The van der Waals surface area contributed by atoms with Gasteiger partial charge in [-0.3, -0.25) is 9.59 Å². The first-order valence-corrected chi connectivity index (χ1v) is 8.48. The minimum Gasteiger partial charge on any atom is -0.504 e. The molecule has 2 aromatic rings. The Morgan fingerprint density at radius 2 is 1.93 bits per heavy atom. The molecule has 2 aromatic carbocycles. The maximum atomic E-state index is 12.5. The van der Waals surface area contributed by atoms with Gasteiger partial charge >= 0.3 is 0 Å². The molecule has 7 heteroatoms. The molecule has 0 spiro atoms. The Labute approximate surface area is 156 Å². The van der Waals surface area contributed by atoms with Gasteiger partial charge in [-0.2, -0.15) is 0 Å². The van der Waals surface area contributed by atoms with Crippen molar-refractivity contribution in [1.82, 2.24) is 5.32 Å². The molecule has 1 aliphatic carbocycles. The van der Waals surface area contributed by atoms with E-state index in [2.05, 4.69) is 5.32 Å². The Bertz CT molecular complexity index is 969. The Morgan fingerprint density at radius 1 is 1.19 bits per heavy atom. The SMILES string of the molecule is COc1c(O)c(O)cc2c1-c1ccc(OC)c(=O)cc1[C@H](NC(C)=O)CC2. The molecule has 3 N–H and O–H groups in total. The van der Waals surface area contributed by atoms with Crippen molar-refractivity contribution in [3.8, 4) is 34.1 Å². The van der Waals surface area contributed by atoms with Gasteiger partial charge in [0.2, 0.25) is 17.1 Å². The standard InChI is InChI=1S/C20H21NO6/c1-10(22)21-14-6-4-11-8-16(24)19(25)20(27-3)18(11)12-5-7-17(26-2)15(23)9-13(12)14/h5,7-9,14,24-25H,4,6H2,1-3H3,(H,21,22)/t14-/m1/s1. The van der Waals surface area contributed by atoms with Gasteiger partial charge in [-0.05, 0) is 47.7 Å². The molecule has 142 valence electrons. The van der Waals surface area contributed by atoms with Gasteiger partial charge in [0.05, 0.1) is 20.3 Å². The van der Waals surface area contributed by atoms with E-state index in [9.17, 15) is 19.8 Å². The second-order valence-electron chi connectivity index (χ2n) is 6.38. The van der Waals surface area contributed by atoms with E-state index in [0.717, 1.165) is 5.56 Å². The number of hydrogen-bond donors (Lipinski definition) is 3. The van der Waals surface area contributed by atoms with Crippen molar-refractivity contribution < 1.29 is 24.5 Å². The normalized spacial score (nSPS) is 15.1. The second-order valence-corrected chi connectivity index (χ2v) is 6.38. The molecule has 1 amide bonds. The average Bonchev–Trinajstić information content (AvgIpc) is 2.86. The number of benzene rings is 1. The third-order valence-electron chi connectivity index (χ3n) is 4.71. The molecule has 27 heavy (non-hydrogen) atoms. The lowest BCUT2D eigenvalue weighted by Crippen LogP contribution is -2.26. The summed E-state index contributed by atoms with van der Waals surface area (Å²) in [5.41, 5.74) is 2.22. The van der Waals surface area contributed by atoms with Crippen molar-refractivity contribution in [1.29, 1.82) is 0 Å². The lowest BCUT2D eigenvalue weighted by atomic mass is 9.95. The second kappa shape index (κ2) is 7.19. The van der Waals surface area contributed by atoms with Gasteiger partial charge < -0.3 is 25.0 Å². The van der Waals surface area contributed by atoms with Gasteiger partial charge in [0, 0.05) is 12.5 Å². The summed E-state index contributed by atoms with van der Waals surface area (Å²) >= 11 is 0. The maximum absolute atomic E-state index is 12.5. The predicted octanol–water partition coefficient (Wildman–Crippen LogP) is 2.27. The average molecular weight is 371 g/mol. The molecule has 1 aliphatic rings. The van der Waals surface area contributed by atoms with Gasteiger partial charge in [0.1, 0.15) is 0 Å². The highest BCUT2D eigenvalue weighted by Crippen LogP contribution is 2.49. The fourth-order valence-electron chi connectivity index (χ4n) is 3.54. The summed E-state index contributed by atoms with van der Waals surface area (Å²) < 4.78 is 10.5. The maximum Gasteiger partial charge on any atom is 0.220 e.